The van der Waals surface area contributed by atoms with Crippen LogP contribution >= 0.6 is 12.6 Å². The van der Waals surface area contributed by atoms with Crippen LogP contribution in [-0.4, -0.2) is 15.3 Å². The molecule has 0 radical (unpaired) electrons. The van der Waals surface area contributed by atoms with Crippen LogP contribution in [0.1, 0.15) is 30.1 Å². The average molecular weight is 207 g/mol. The summed E-state index contributed by atoms with van der Waals surface area (Å²) in [7, 11) is 0. The fourth-order valence-corrected chi connectivity index (χ4v) is 2.20. The van der Waals surface area contributed by atoms with E-state index in [0.717, 1.165) is 36.7 Å². The molecule has 0 saturated carbocycles. The molecule has 1 aromatic rings. The van der Waals surface area contributed by atoms with Gasteiger partial charge in [-0.05, 0) is 25.0 Å². The lowest BCUT2D eigenvalue weighted by Crippen LogP contribution is -2.13. The highest BCUT2D eigenvalue weighted by atomic mass is 32.1. The molecule has 0 aromatic carbocycles. The van der Waals surface area contributed by atoms with E-state index in [9.17, 15) is 0 Å². The summed E-state index contributed by atoms with van der Waals surface area (Å²) in [5.41, 5.74) is 1.76. The van der Waals surface area contributed by atoms with E-state index in [1.165, 1.54) is 12.8 Å². The summed E-state index contributed by atoms with van der Waals surface area (Å²) in [6, 6.07) is 2.18. The van der Waals surface area contributed by atoms with Crippen molar-refractivity contribution in [2.45, 2.75) is 32.2 Å². The Bertz CT molecular complexity index is 375. The van der Waals surface area contributed by atoms with Gasteiger partial charge in [0.1, 0.15) is 11.9 Å². The van der Waals surface area contributed by atoms with Crippen molar-refractivity contribution in [3.63, 3.8) is 0 Å². The van der Waals surface area contributed by atoms with Crippen LogP contribution in [0.15, 0.2) is 0 Å². The summed E-state index contributed by atoms with van der Waals surface area (Å²) >= 11 is 4.20. The maximum atomic E-state index is 8.93. The Morgan fingerprint density at radius 2 is 2.36 bits per heavy atom. The summed E-state index contributed by atoms with van der Waals surface area (Å²) < 4.78 is 2.21. The maximum Gasteiger partial charge on any atom is 0.161 e. The number of nitriles is 1. The van der Waals surface area contributed by atoms with Crippen LogP contribution in [0.2, 0.25) is 0 Å². The molecule has 14 heavy (non-hydrogen) atoms. The van der Waals surface area contributed by atoms with Gasteiger partial charge in [0.15, 0.2) is 5.69 Å². The molecule has 74 valence electrons. The largest absolute Gasteiger partial charge is 0.331 e. The highest BCUT2D eigenvalue weighted by Crippen LogP contribution is 2.20. The van der Waals surface area contributed by atoms with Gasteiger partial charge in [-0.2, -0.15) is 17.9 Å². The maximum absolute atomic E-state index is 8.93. The number of fused-ring (bicyclic) bond motifs is 1. The van der Waals surface area contributed by atoms with Crippen molar-refractivity contribution in [2.75, 3.05) is 5.75 Å². The van der Waals surface area contributed by atoms with E-state index in [4.69, 9.17) is 5.26 Å². The van der Waals surface area contributed by atoms with E-state index >= 15 is 0 Å². The number of thiol groups is 1. The molecule has 0 unspecified atom stereocenters. The number of imidazole rings is 1. The Kier molecular flexibility index (Phi) is 2.78. The number of nitrogens with zero attached hydrogens (tertiary/aromatic N) is 3. The van der Waals surface area contributed by atoms with E-state index in [1.54, 1.807) is 0 Å². The Morgan fingerprint density at radius 3 is 3.07 bits per heavy atom. The number of hydrogen-bond donors (Lipinski definition) is 1. The van der Waals surface area contributed by atoms with Gasteiger partial charge in [0, 0.05) is 13.0 Å². The van der Waals surface area contributed by atoms with Gasteiger partial charge in [-0.3, -0.25) is 0 Å². The highest BCUT2D eigenvalue weighted by Gasteiger charge is 2.18. The molecule has 4 heteroatoms. The number of aromatic nitrogens is 2. The minimum Gasteiger partial charge on any atom is -0.331 e. The van der Waals surface area contributed by atoms with Crippen LogP contribution in [0.3, 0.4) is 0 Å². The molecule has 0 atom stereocenters. The van der Waals surface area contributed by atoms with Gasteiger partial charge >= 0.3 is 0 Å². The topological polar surface area (TPSA) is 41.6 Å². The Morgan fingerprint density at radius 1 is 1.50 bits per heavy atom. The standard InChI is InChI=1S/C10H13N3S/c11-7-8-9-3-1-2-5-13(9)10(12-8)4-6-14/h14H,1-6H2. The smallest absolute Gasteiger partial charge is 0.161 e. The third-order valence-corrected chi connectivity index (χ3v) is 2.86. The lowest BCUT2D eigenvalue weighted by atomic mass is 10.1. The molecular weight excluding hydrogens is 194 g/mol. The van der Waals surface area contributed by atoms with Gasteiger partial charge in [-0.15, -0.1) is 0 Å². The van der Waals surface area contributed by atoms with Crippen molar-refractivity contribution in [2.24, 2.45) is 0 Å². The monoisotopic (exact) mass is 207 g/mol. The minimum atomic E-state index is 0.626. The van der Waals surface area contributed by atoms with Gasteiger partial charge in [-0.1, -0.05) is 0 Å². The predicted octanol–water partition coefficient (Wildman–Crippen LogP) is 1.56. The second kappa shape index (κ2) is 4.05. The number of rotatable bonds is 2. The van der Waals surface area contributed by atoms with Crippen LogP contribution in [0, 0.1) is 11.3 Å². The molecule has 0 bridgehead atoms. The highest BCUT2D eigenvalue weighted by molar-refractivity contribution is 7.80. The minimum absolute atomic E-state index is 0.626. The molecule has 0 saturated heterocycles. The van der Waals surface area contributed by atoms with Crippen LogP contribution in [0.4, 0.5) is 0 Å². The molecular formula is C10H13N3S. The summed E-state index contributed by atoms with van der Waals surface area (Å²) in [5.74, 6) is 1.83. The Labute approximate surface area is 89.2 Å². The van der Waals surface area contributed by atoms with E-state index in [1.807, 2.05) is 0 Å². The van der Waals surface area contributed by atoms with Crippen LogP contribution in [0.25, 0.3) is 0 Å². The molecule has 1 aromatic heterocycles. The van der Waals surface area contributed by atoms with Crippen molar-refractivity contribution in [3.05, 3.63) is 17.2 Å². The van der Waals surface area contributed by atoms with E-state index in [-0.39, 0.29) is 0 Å². The molecule has 1 aliphatic rings. The van der Waals surface area contributed by atoms with Crippen molar-refractivity contribution >= 4 is 12.6 Å². The first-order valence-electron chi connectivity index (χ1n) is 4.96. The lowest BCUT2D eigenvalue weighted by molar-refractivity contribution is 0.516. The molecule has 2 heterocycles. The van der Waals surface area contributed by atoms with Gasteiger partial charge in [-0.25, -0.2) is 4.98 Å². The SMILES string of the molecule is N#Cc1nc(CCS)n2c1CCCC2. The Balaban J connectivity index is 2.42. The van der Waals surface area contributed by atoms with Crippen molar-refractivity contribution in [3.8, 4) is 6.07 Å². The van der Waals surface area contributed by atoms with E-state index in [0.29, 0.717) is 5.69 Å². The molecule has 1 aliphatic heterocycles. The lowest BCUT2D eigenvalue weighted by Gasteiger charge is -2.16. The second-order valence-electron chi connectivity index (χ2n) is 3.52. The van der Waals surface area contributed by atoms with E-state index < -0.39 is 0 Å². The average Bonchev–Trinajstić information content (AvgIpc) is 2.58. The summed E-state index contributed by atoms with van der Waals surface area (Å²) in [4.78, 5) is 4.35. The van der Waals surface area contributed by atoms with Gasteiger partial charge in [0.2, 0.25) is 0 Å². The summed E-state index contributed by atoms with van der Waals surface area (Å²) in [6.45, 7) is 1.02. The molecule has 0 fully saturated rings. The predicted molar refractivity (Wildman–Crippen MR) is 57.4 cm³/mol. The summed E-state index contributed by atoms with van der Waals surface area (Å²) in [5, 5.41) is 8.93. The van der Waals surface area contributed by atoms with Gasteiger partial charge < -0.3 is 4.57 Å². The van der Waals surface area contributed by atoms with Crippen molar-refractivity contribution in [1.82, 2.24) is 9.55 Å². The molecule has 0 amide bonds. The van der Waals surface area contributed by atoms with Crippen LogP contribution < -0.4 is 0 Å². The Hall–Kier alpha value is -0.950. The van der Waals surface area contributed by atoms with Gasteiger partial charge in [0.05, 0.1) is 5.69 Å². The summed E-state index contributed by atoms with van der Waals surface area (Å²) in [6.07, 6.45) is 4.24. The first-order valence-corrected chi connectivity index (χ1v) is 5.59. The van der Waals surface area contributed by atoms with Crippen LogP contribution in [-0.2, 0) is 19.4 Å². The van der Waals surface area contributed by atoms with Gasteiger partial charge in [0.25, 0.3) is 0 Å². The van der Waals surface area contributed by atoms with Crippen LogP contribution in [0.5, 0.6) is 0 Å². The second-order valence-corrected chi connectivity index (χ2v) is 3.96. The zero-order valence-electron chi connectivity index (χ0n) is 8.03. The number of hydrogen-bond acceptors (Lipinski definition) is 3. The zero-order valence-corrected chi connectivity index (χ0v) is 8.93. The first kappa shape index (κ1) is 9.60. The molecule has 3 nitrogen and oxygen atoms in total. The normalized spacial score (nSPS) is 14.9. The molecule has 0 N–H and O–H groups in total. The van der Waals surface area contributed by atoms with E-state index in [2.05, 4.69) is 28.2 Å². The fourth-order valence-electron chi connectivity index (χ4n) is 2.00. The first-order chi connectivity index (χ1) is 6.86. The third kappa shape index (κ3) is 1.53. The van der Waals surface area contributed by atoms with Crippen molar-refractivity contribution in [1.29, 1.82) is 5.26 Å². The number of aryl methyl sites for hydroxylation is 1. The molecule has 0 spiro atoms. The quantitative estimate of drug-likeness (QED) is 0.748. The van der Waals surface area contributed by atoms with Crippen molar-refractivity contribution < 1.29 is 0 Å². The molecule has 2 rings (SSSR count). The molecule has 0 aliphatic carbocycles. The zero-order chi connectivity index (χ0) is 9.97. The fraction of sp³-hybridized carbons (Fsp3) is 0.600. The third-order valence-electron chi connectivity index (χ3n) is 2.64.